The highest BCUT2D eigenvalue weighted by molar-refractivity contribution is 6.31. The van der Waals surface area contributed by atoms with Gasteiger partial charge in [-0.15, -0.1) is 5.10 Å². The van der Waals surface area contributed by atoms with Crippen molar-refractivity contribution in [3.63, 3.8) is 0 Å². The lowest BCUT2D eigenvalue weighted by molar-refractivity contribution is -0.186. The molecule has 1 aliphatic heterocycles. The summed E-state index contributed by atoms with van der Waals surface area (Å²) in [7, 11) is 0. The van der Waals surface area contributed by atoms with E-state index in [2.05, 4.69) is 21.0 Å². The number of carbonyl (C=O) groups excluding carboxylic acids is 1. The molecule has 1 aromatic carbocycles. The molecule has 0 saturated carbocycles. The molecule has 8 nitrogen and oxygen atoms in total. The Hall–Kier alpha value is -2.29. The fourth-order valence-electron chi connectivity index (χ4n) is 2.72. The number of amides is 1. The molecule has 1 atom stereocenters. The van der Waals surface area contributed by atoms with Crippen molar-refractivity contribution < 1.29 is 14.4 Å². The second-order valence-electron chi connectivity index (χ2n) is 5.52. The predicted molar refractivity (Wildman–Crippen MR) is 85.4 cm³/mol. The van der Waals surface area contributed by atoms with Crippen LogP contribution >= 0.6 is 11.6 Å². The van der Waals surface area contributed by atoms with Crippen LogP contribution < -0.4 is 5.48 Å². The Morgan fingerprint density at radius 1 is 1.38 bits per heavy atom. The van der Waals surface area contributed by atoms with Gasteiger partial charge in [-0.1, -0.05) is 11.6 Å². The average molecular weight is 348 g/mol. The molecule has 0 radical (unpaired) electrons. The number of benzene rings is 1. The lowest BCUT2D eigenvalue weighted by Gasteiger charge is -2.22. The number of nitrogens with one attached hydrogen (secondary N) is 1. The molecule has 1 fully saturated rings. The zero-order valence-electron chi connectivity index (χ0n) is 12.6. The summed E-state index contributed by atoms with van der Waals surface area (Å²) in [6, 6.07) is 6.98. The number of pyridine rings is 1. The minimum Gasteiger partial charge on any atom is -0.350 e. The van der Waals surface area contributed by atoms with Crippen LogP contribution in [0.4, 0.5) is 0 Å². The van der Waals surface area contributed by atoms with E-state index in [1.165, 1.54) is 4.52 Å². The second-order valence-corrected chi connectivity index (χ2v) is 5.96. The fourth-order valence-corrected chi connectivity index (χ4v) is 2.90. The molecule has 0 spiro atoms. The monoisotopic (exact) mass is 347 g/mol. The Labute approximate surface area is 141 Å². The van der Waals surface area contributed by atoms with Crippen molar-refractivity contribution in [3.05, 3.63) is 34.9 Å². The third-order valence-corrected chi connectivity index (χ3v) is 4.13. The number of aromatic nitrogens is 4. The quantitative estimate of drug-likeness (QED) is 0.730. The van der Waals surface area contributed by atoms with Crippen LogP contribution in [0, 0.1) is 0 Å². The molecule has 3 aromatic rings. The highest BCUT2D eigenvalue weighted by Gasteiger charge is 2.20. The summed E-state index contributed by atoms with van der Waals surface area (Å²) in [6.07, 6.45) is 2.33. The molecule has 1 saturated heterocycles. The maximum atomic E-state index is 12.5. The number of hydroxylamine groups is 1. The molecule has 24 heavy (non-hydrogen) atoms. The maximum Gasteiger partial charge on any atom is 0.278 e. The van der Waals surface area contributed by atoms with E-state index in [-0.39, 0.29) is 0 Å². The van der Waals surface area contributed by atoms with Crippen LogP contribution in [-0.2, 0) is 9.57 Å². The Morgan fingerprint density at radius 3 is 3.12 bits per heavy atom. The minimum atomic E-state index is -0.439. The topological polar surface area (TPSA) is 90.6 Å². The molecule has 1 amide bonds. The lowest BCUT2D eigenvalue weighted by Crippen LogP contribution is -2.33. The number of rotatable bonds is 3. The summed E-state index contributed by atoms with van der Waals surface area (Å²) in [5, 5.41) is 12.8. The largest absolute Gasteiger partial charge is 0.350 e. The standard InChI is InChI=1S/C15H14ClN5O3/c16-10-4-5-12-9(7-10)8-11(14-17-19-20-21(12)14)15(22)18-24-13-3-1-2-6-23-13/h4-5,7-8,13H,1-3,6H2,(H,18,22). The second kappa shape index (κ2) is 6.31. The summed E-state index contributed by atoms with van der Waals surface area (Å²) in [6.45, 7) is 0.632. The van der Waals surface area contributed by atoms with Crippen LogP contribution in [0.3, 0.4) is 0 Å². The van der Waals surface area contributed by atoms with Gasteiger partial charge in [0.2, 0.25) is 0 Å². The molecule has 3 heterocycles. The first kappa shape index (κ1) is 15.3. The SMILES string of the molecule is O=C(NOC1CCCCO1)c1cc2cc(Cl)ccc2n2nnnc12. The van der Waals surface area contributed by atoms with Gasteiger partial charge in [0.05, 0.1) is 11.1 Å². The number of carbonyl (C=O) groups is 1. The van der Waals surface area contributed by atoms with Crippen molar-refractivity contribution in [1.29, 1.82) is 0 Å². The summed E-state index contributed by atoms with van der Waals surface area (Å²) in [4.78, 5) is 17.8. The Balaban J connectivity index is 1.66. The van der Waals surface area contributed by atoms with Crippen LogP contribution in [0.5, 0.6) is 0 Å². The van der Waals surface area contributed by atoms with Crippen molar-refractivity contribution in [2.75, 3.05) is 6.61 Å². The van der Waals surface area contributed by atoms with Crippen molar-refractivity contribution in [2.45, 2.75) is 25.6 Å². The van der Waals surface area contributed by atoms with Gasteiger partial charge < -0.3 is 4.74 Å². The van der Waals surface area contributed by atoms with E-state index in [0.29, 0.717) is 22.8 Å². The van der Waals surface area contributed by atoms with E-state index >= 15 is 0 Å². The van der Waals surface area contributed by atoms with Crippen molar-refractivity contribution in [1.82, 2.24) is 25.5 Å². The van der Waals surface area contributed by atoms with Crippen LogP contribution in [0.25, 0.3) is 16.6 Å². The van der Waals surface area contributed by atoms with Crippen LogP contribution in [0.1, 0.15) is 29.6 Å². The highest BCUT2D eigenvalue weighted by Crippen LogP contribution is 2.22. The van der Waals surface area contributed by atoms with Gasteiger partial charge >= 0.3 is 0 Å². The predicted octanol–water partition coefficient (Wildman–Crippen LogP) is 2.12. The van der Waals surface area contributed by atoms with Gasteiger partial charge in [-0.3, -0.25) is 4.79 Å². The normalized spacial score (nSPS) is 18.1. The molecular weight excluding hydrogens is 334 g/mol. The summed E-state index contributed by atoms with van der Waals surface area (Å²) in [5.41, 5.74) is 3.82. The Bertz CT molecular complexity index is 907. The van der Waals surface area contributed by atoms with E-state index in [4.69, 9.17) is 21.2 Å². The molecule has 1 unspecified atom stereocenters. The first-order chi connectivity index (χ1) is 11.7. The van der Waals surface area contributed by atoms with Gasteiger partial charge in [0, 0.05) is 23.4 Å². The van der Waals surface area contributed by atoms with Crippen molar-refractivity contribution in [3.8, 4) is 0 Å². The number of hydrogen-bond acceptors (Lipinski definition) is 6. The minimum absolute atomic E-state index is 0.297. The third kappa shape index (κ3) is 2.79. The highest BCUT2D eigenvalue weighted by atomic mass is 35.5. The van der Waals surface area contributed by atoms with Crippen molar-refractivity contribution >= 4 is 34.1 Å². The van der Waals surface area contributed by atoms with Gasteiger partial charge in [-0.2, -0.15) is 4.52 Å². The molecule has 0 bridgehead atoms. The number of halogens is 1. The number of tetrazole rings is 1. The maximum absolute atomic E-state index is 12.5. The number of nitrogens with zero attached hydrogens (tertiary/aromatic N) is 4. The Kier molecular flexibility index (Phi) is 4.01. The Morgan fingerprint density at radius 2 is 2.29 bits per heavy atom. The fraction of sp³-hybridized carbons (Fsp3) is 0.333. The molecule has 0 aliphatic carbocycles. The summed E-state index contributed by atoms with van der Waals surface area (Å²) in [5.74, 6) is -0.439. The first-order valence-corrected chi connectivity index (χ1v) is 7.98. The van der Waals surface area contributed by atoms with E-state index in [1.807, 2.05) is 0 Å². The zero-order valence-corrected chi connectivity index (χ0v) is 13.4. The average Bonchev–Trinajstić information content (AvgIpc) is 3.09. The van der Waals surface area contributed by atoms with E-state index in [9.17, 15) is 4.79 Å². The molecule has 2 aromatic heterocycles. The van der Waals surface area contributed by atoms with E-state index in [0.717, 1.165) is 30.2 Å². The van der Waals surface area contributed by atoms with E-state index < -0.39 is 12.2 Å². The molecule has 4 rings (SSSR count). The van der Waals surface area contributed by atoms with Gasteiger partial charge in [-0.25, -0.2) is 10.3 Å². The number of hydrogen-bond donors (Lipinski definition) is 1. The molecule has 1 N–H and O–H groups in total. The number of fused-ring (bicyclic) bond motifs is 3. The molecular formula is C15H14ClN5O3. The van der Waals surface area contributed by atoms with Gasteiger partial charge in [0.15, 0.2) is 11.9 Å². The van der Waals surface area contributed by atoms with Crippen LogP contribution in [0.15, 0.2) is 24.3 Å². The van der Waals surface area contributed by atoms with Crippen LogP contribution in [-0.4, -0.2) is 38.8 Å². The zero-order chi connectivity index (χ0) is 16.5. The van der Waals surface area contributed by atoms with Crippen LogP contribution in [0.2, 0.25) is 5.02 Å². The van der Waals surface area contributed by atoms with Crippen molar-refractivity contribution in [2.24, 2.45) is 0 Å². The first-order valence-electron chi connectivity index (χ1n) is 7.60. The summed E-state index contributed by atoms with van der Waals surface area (Å²) >= 11 is 6.04. The molecule has 9 heteroatoms. The van der Waals surface area contributed by atoms with E-state index in [1.54, 1.807) is 24.3 Å². The molecule has 124 valence electrons. The molecule has 1 aliphatic rings. The lowest BCUT2D eigenvalue weighted by atomic mass is 10.1. The van der Waals surface area contributed by atoms with Gasteiger partial charge in [0.25, 0.3) is 5.91 Å². The van der Waals surface area contributed by atoms with Gasteiger partial charge in [0.1, 0.15) is 0 Å². The summed E-state index contributed by atoms with van der Waals surface area (Å²) < 4.78 is 6.92. The number of ether oxygens (including phenoxy) is 1. The van der Waals surface area contributed by atoms with Gasteiger partial charge in [-0.05, 0) is 47.5 Å². The third-order valence-electron chi connectivity index (χ3n) is 3.89. The smallest absolute Gasteiger partial charge is 0.278 e.